The van der Waals surface area contributed by atoms with Crippen molar-refractivity contribution in [1.29, 1.82) is 0 Å². The minimum Gasteiger partial charge on any atom is -0.379 e. The van der Waals surface area contributed by atoms with E-state index in [1.165, 1.54) is 12.1 Å². The summed E-state index contributed by atoms with van der Waals surface area (Å²) < 4.78 is 45.6. The van der Waals surface area contributed by atoms with E-state index in [0.29, 0.717) is 26.3 Å². The molecule has 168 valence electrons. The Bertz CT molecular complexity index is 863. The molecule has 1 aliphatic heterocycles. The van der Waals surface area contributed by atoms with Gasteiger partial charge in [-0.3, -0.25) is 9.88 Å². The Balaban J connectivity index is 1.71. The second-order valence-corrected chi connectivity index (χ2v) is 8.03. The van der Waals surface area contributed by atoms with Crippen LogP contribution in [0.2, 0.25) is 5.02 Å². The molecule has 5 nitrogen and oxygen atoms in total. The van der Waals surface area contributed by atoms with Gasteiger partial charge in [0.25, 0.3) is 0 Å². The Kier molecular flexibility index (Phi) is 8.48. The van der Waals surface area contributed by atoms with Crippen LogP contribution in [0.25, 0.3) is 0 Å². The molecule has 0 unspecified atom stereocenters. The zero-order chi connectivity index (χ0) is 22.3. The first-order valence-corrected chi connectivity index (χ1v) is 10.7. The molecule has 2 aromatic rings. The van der Waals surface area contributed by atoms with Crippen molar-refractivity contribution in [3.05, 3.63) is 58.9 Å². The molecular formula is C21H24ClF3N4OS. The van der Waals surface area contributed by atoms with Crippen LogP contribution in [0.4, 0.5) is 18.9 Å². The third kappa shape index (κ3) is 7.31. The van der Waals surface area contributed by atoms with Gasteiger partial charge < -0.3 is 15.0 Å². The molecule has 1 saturated heterocycles. The number of alkyl halides is 3. The Morgan fingerprint density at radius 3 is 2.71 bits per heavy atom. The van der Waals surface area contributed by atoms with Crippen molar-refractivity contribution in [3.63, 3.8) is 0 Å². The molecule has 1 aliphatic rings. The molecule has 0 spiro atoms. The lowest BCUT2D eigenvalue weighted by Crippen LogP contribution is -2.40. The maximum Gasteiger partial charge on any atom is 0.418 e. The van der Waals surface area contributed by atoms with E-state index in [0.717, 1.165) is 37.7 Å². The highest BCUT2D eigenvalue weighted by molar-refractivity contribution is 7.80. The predicted molar refractivity (Wildman–Crippen MR) is 119 cm³/mol. The number of pyridine rings is 1. The quantitative estimate of drug-likeness (QED) is 0.590. The number of halogens is 4. The lowest BCUT2D eigenvalue weighted by Gasteiger charge is -2.30. The molecule has 0 bridgehead atoms. The van der Waals surface area contributed by atoms with Gasteiger partial charge in [-0.05, 0) is 48.5 Å². The average Bonchev–Trinajstić information content (AvgIpc) is 2.73. The van der Waals surface area contributed by atoms with Gasteiger partial charge in [-0.25, -0.2) is 0 Å². The minimum atomic E-state index is -4.52. The van der Waals surface area contributed by atoms with Crippen LogP contribution < -0.4 is 5.32 Å². The molecule has 1 N–H and O–H groups in total. The molecule has 10 heteroatoms. The second kappa shape index (κ2) is 11.1. The summed E-state index contributed by atoms with van der Waals surface area (Å²) in [6, 6.07) is 7.14. The third-order valence-corrected chi connectivity index (χ3v) is 5.51. The molecule has 0 radical (unpaired) electrons. The molecule has 3 rings (SSSR count). The van der Waals surface area contributed by atoms with Gasteiger partial charge in [0, 0.05) is 50.1 Å². The van der Waals surface area contributed by atoms with Crippen molar-refractivity contribution in [2.45, 2.75) is 19.1 Å². The van der Waals surface area contributed by atoms with Crippen LogP contribution in [0.5, 0.6) is 0 Å². The fraction of sp³-hybridized carbons (Fsp3) is 0.429. The molecule has 0 amide bonds. The van der Waals surface area contributed by atoms with Crippen LogP contribution in [-0.2, 0) is 17.5 Å². The van der Waals surface area contributed by atoms with Crippen LogP contribution in [0.1, 0.15) is 17.5 Å². The van der Waals surface area contributed by atoms with E-state index in [1.54, 1.807) is 12.4 Å². The first-order chi connectivity index (χ1) is 14.8. The number of hydrogen-bond acceptors (Lipinski definition) is 4. The predicted octanol–water partition coefficient (Wildman–Crippen LogP) is 4.68. The zero-order valence-electron chi connectivity index (χ0n) is 16.9. The number of hydrogen-bond donors (Lipinski definition) is 1. The summed E-state index contributed by atoms with van der Waals surface area (Å²) in [5.74, 6) is 0. The van der Waals surface area contributed by atoms with Gasteiger partial charge in [0.15, 0.2) is 5.11 Å². The molecule has 0 atom stereocenters. The van der Waals surface area contributed by atoms with Gasteiger partial charge in [-0.1, -0.05) is 17.7 Å². The summed E-state index contributed by atoms with van der Waals surface area (Å²) in [5, 5.41) is 3.17. The molecule has 1 fully saturated rings. The van der Waals surface area contributed by atoms with Crippen LogP contribution in [-0.4, -0.2) is 59.3 Å². The van der Waals surface area contributed by atoms with E-state index < -0.39 is 11.7 Å². The van der Waals surface area contributed by atoms with Gasteiger partial charge in [-0.15, -0.1) is 0 Å². The molecule has 2 heterocycles. The highest BCUT2D eigenvalue weighted by Crippen LogP contribution is 2.36. The normalized spacial score (nSPS) is 15.0. The highest BCUT2D eigenvalue weighted by atomic mass is 35.5. The number of morpholine rings is 1. The van der Waals surface area contributed by atoms with Crippen molar-refractivity contribution < 1.29 is 17.9 Å². The highest BCUT2D eigenvalue weighted by Gasteiger charge is 2.34. The Hall–Kier alpha value is -1.94. The molecule has 31 heavy (non-hydrogen) atoms. The number of ether oxygens (including phenoxy) is 1. The Morgan fingerprint density at radius 2 is 2.03 bits per heavy atom. The van der Waals surface area contributed by atoms with E-state index >= 15 is 0 Å². The van der Waals surface area contributed by atoms with Gasteiger partial charge in [0.05, 0.1) is 24.5 Å². The Morgan fingerprint density at radius 1 is 1.26 bits per heavy atom. The number of benzene rings is 1. The van der Waals surface area contributed by atoms with Gasteiger partial charge >= 0.3 is 6.18 Å². The summed E-state index contributed by atoms with van der Waals surface area (Å²) in [6.07, 6.45) is -0.320. The van der Waals surface area contributed by atoms with Crippen molar-refractivity contribution in [2.75, 3.05) is 44.7 Å². The van der Waals surface area contributed by atoms with Crippen molar-refractivity contribution in [1.82, 2.24) is 14.8 Å². The molecule has 0 aliphatic carbocycles. The molecule has 1 aromatic carbocycles. The van der Waals surface area contributed by atoms with Crippen LogP contribution in [0.3, 0.4) is 0 Å². The summed E-state index contributed by atoms with van der Waals surface area (Å²) in [4.78, 5) is 8.28. The van der Waals surface area contributed by atoms with Crippen LogP contribution >= 0.6 is 23.8 Å². The topological polar surface area (TPSA) is 40.6 Å². The van der Waals surface area contributed by atoms with E-state index in [9.17, 15) is 13.2 Å². The Labute approximate surface area is 190 Å². The SMILES string of the molecule is FC(F)(F)c1ccc(Cl)cc1NC(=S)N(CCCN1CCOCC1)Cc1cccnc1. The summed E-state index contributed by atoms with van der Waals surface area (Å²) in [7, 11) is 0. The first kappa shape index (κ1) is 23.7. The van der Waals surface area contributed by atoms with Gasteiger partial charge in [-0.2, -0.15) is 13.2 Å². The standard InChI is InChI=1S/C21H24ClF3N4OS/c22-17-4-5-18(21(23,24)25)19(13-17)27-20(31)29(15-16-3-1-6-26-14-16)8-2-7-28-9-11-30-12-10-28/h1,3-6,13-14H,2,7-12,15H2,(H,27,31). The maximum atomic E-state index is 13.4. The lowest BCUT2D eigenvalue weighted by atomic mass is 10.1. The van der Waals surface area contributed by atoms with E-state index in [2.05, 4.69) is 15.2 Å². The van der Waals surface area contributed by atoms with E-state index in [1.807, 2.05) is 17.0 Å². The fourth-order valence-electron chi connectivity index (χ4n) is 3.34. The smallest absolute Gasteiger partial charge is 0.379 e. The molecule has 1 aromatic heterocycles. The van der Waals surface area contributed by atoms with Gasteiger partial charge in [0.1, 0.15) is 0 Å². The zero-order valence-corrected chi connectivity index (χ0v) is 18.4. The number of thiocarbonyl (C=S) groups is 1. The monoisotopic (exact) mass is 472 g/mol. The molecule has 0 saturated carbocycles. The lowest BCUT2D eigenvalue weighted by molar-refractivity contribution is -0.136. The number of aromatic nitrogens is 1. The van der Waals surface area contributed by atoms with Crippen LogP contribution in [0, 0.1) is 0 Å². The van der Waals surface area contributed by atoms with Crippen molar-refractivity contribution in [2.24, 2.45) is 0 Å². The maximum absolute atomic E-state index is 13.4. The largest absolute Gasteiger partial charge is 0.418 e. The number of rotatable bonds is 7. The fourth-order valence-corrected chi connectivity index (χ4v) is 3.77. The van der Waals surface area contributed by atoms with Crippen LogP contribution in [0.15, 0.2) is 42.7 Å². The van der Waals surface area contributed by atoms with Crippen molar-refractivity contribution in [3.8, 4) is 0 Å². The second-order valence-electron chi connectivity index (χ2n) is 7.21. The summed E-state index contributed by atoms with van der Waals surface area (Å²) >= 11 is 11.4. The van der Waals surface area contributed by atoms with Crippen molar-refractivity contribution >= 4 is 34.6 Å². The minimum absolute atomic E-state index is 0.158. The summed E-state index contributed by atoms with van der Waals surface area (Å²) in [6.45, 7) is 5.07. The number of nitrogens with zero attached hydrogens (tertiary/aromatic N) is 3. The number of nitrogens with one attached hydrogen (secondary N) is 1. The van der Waals surface area contributed by atoms with E-state index in [-0.39, 0.29) is 15.8 Å². The summed E-state index contributed by atoms with van der Waals surface area (Å²) in [5.41, 5.74) is -0.0524. The number of anilines is 1. The molecular weight excluding hydrogens is 449 g/mol. The average molecular weight is 473 g/mol. The third-order valence-electron chi connectivity index (χ3n) is 4.92. The van der Waals surface area contributed by atoms with Gasteiger partial charge in [0.2, 0.25) is 0 Å². The van der Waals surface area contributed by atoms with E-state index in [4.69, 9.17) is 28.6 Å². The first-order valence-electron chi connectivity index (χ1n) is 9.94.